The SMILES string of the molecule is CC(=O)Nc1ccc(N[C@@H](C)C(=O)Nc2ccc3ccccc3c2)cc1. The summed E-state index contributed by atoms with van der Waals surface area (Å²) >= 11 is 0. The van der Waals surface area contributed by atoms with Crippen molar-refractivity contribution in [1.82, 2.24) is 0 Å². The first-order valence-corrected chi connectivity index (χ1v) is 8.45. The van der Waals surface area contributed by atoms with E-state index in [1.165, 1.54) is 6.92 Å². The van der Waals surface area contributed by atoms with Gasteiger partial charge in [0.25, 0.3) is 0 Å². The van der Waals surface area contributed by atoms with Gasteiger partial charge in [-0.15, -0.1) is 0 Å². The molecule has 0 aromatic heterocycles. The smallest absolute Gasteiger partial charge is 0.246 e. The lowest BCUT2D eigenvalue weighted by molar-refractivity contribution is -0.116. The first-order chi connectivity index (χ1) is 12.5. The molecule has 0 saturated carbocycles. The van der Waals surface area contributed by atoms with Crippen molar-refractivity contribution in [3.8, 4) is 0 Å². The summed E-state index contributed by atoms with van der Waals surface area (Å²) in [5, 5.41) is 11.0. The molecule has 0 bridgehead atoms. The van der Waals surface area contributed by atoms with Gasteiger partial charge in [0.2, 0.25) is 11.8 Å². The molecule has 0 saturated heterocycles. The van der Waals surface area contributed by atoms with E-state index in [1.54, 1.807) is 19.1 Å². The Morgan fingerprint density at radius 2 is 1.38 bits per heavy atom. The molecule has 3 rings (SSSR count). The van der Waals surface area contributed by atoms with Gasteiger partial charge in [-0.2, -0.15) is 0 Å². The molecule has 3 N–H and O–H groups in total. The number of hydrogen-bond acceptors (Lipinski definition) is 3. The van der Waals surface area contributed by atoms with Crippen LogP contribution in [0.5, 0.6) is 0 Å². The van der Waals surface area contributed by atoms with Crippen LogP contribution in [-0.4, -0.2) is 17.9 Å². The lowest BCUT2D eigenvalue weighted by Crippen LogP contribution is -2.31. The summed E-state index contributed by atoms with van der Waals surface area (Å²) in [5.41, 5.74) is 2.29. The number of carbonyl (C=O) groups excluding carboxylic acids is 2. The minimum Gasteiger partial charge on any atom is -0.374 e. The van der Waals surface area contributed by atoms with E-state index in [9.17, 15) is 9.59 Å². The van der Waals surface area contributed by atoms with E-state index in [0.29, 0.717) is 0 Å². The molecule has 2 amide bonds. The normalized spacial score (nSPS) is 11.6. The van der Waals surface area contributed by atoms with Gasteiger partial charge in [0, 0.05) is 24.0 Å². The van der Waals surface area contributed by atoms with E-state index in [2.05, 4.69) is 16.0 Å². The molecule has 0 spiro atoms. The third-order valence-corrected chi connectivity index (χ3v) is 4.00. The van der Waals surface area contributed by atoms with E-state index >= 15 is 0 Å². The molecule has 26 heavy (non-hydrogen) atoms. The highest BCUT2D eigenvalue weighted by molar-refractivity contribution is 5.98. The standard InChI is InChI=1S/C21H21N3O2/c1-14(22-18-9-11-19(12-10-18)23-15(2)25)21(26)24-20-8-7-16-5-3-4-6-17(16)13-20/h3-14,22H,1-2H3,(H,23,25)(H,24,26)/t14-/m0/s1. The summed E-state index contributed by atoms with van der Waals surface area (Å²) in [5.74, 6) is -0.236. The predicted molar refractivity (Wildman–Crippen MR) is 106 cm³/mol. The molecular weight excluding hydrogens is 326 g/mol. The quantitative estimate of drug-likeness (QED) is 0.646. The molecular formula is C21H21N3O2. The Bertz CT molecular complexity index is 935. The average molecular weight is 347 g/mol. The average Bonchev–Trinajstić information content (AvgIpc) is 2.62. The summed E-state index contributed by atoms with van der Waals surface area (Å²) in [7, 11) is 0. The molecule has 5 nitrogen and oxygen atoms in total. The van der Waals surface area contributed by atoms with Gasteiger partial charge in [-0.3, -0.25) is 9.59 Å². The molecule has 132 valence electrons. The molecule has 0 unspecified atom stereocenters. The van der Waals surface area contributed by atoms with Crippen LogP contribution >= 0.6 is 0 Å². The molecule has 0 fully saturated rings. The van der Waals surface area contributed by atoms with Crippen molar-refractivity contribution in [2.75, 3.05) is 16.0 Å². The van der Waals surface area contributed by atoms with Crippen LogP contribution in [0.2, 0.25) is 0 Å². The Labute approximate surface area is 152 Å². The fourth-order valence-electron chi connectivity index (χ4n) is 2.69. The number of anilines is 3. The van der Waals surface area contributed by atoms with Crippen LogP contribution in [0.15, 0.2) is 66.7 Å². The van der Waals surface area contributed by atoms with E-state index in [4.69, 9.17) is 0 Å². The van der Waals surface area contributed by atoms with Gasteiger partial charge in [-0.1, -0.05) is 30.3 Å². The molecule has 0 radical (unpaired) electrons. The van der Waals surface area contributed by atoms with E-state index in [1.807, 2.05) is 54.6 Å². The molecule has 0 aliphatic rings. The van der Waals surface area contributed by atoms with E-state index in [0.717, 1.165) is 27.8 Å². The van der Waals surface area contributed by atoms with Crippen LogP contribution in [0.3, 0.4) is 0 Å². The van der Waals surface area contributed by atoms with Crippen LogP contribution in [0.1, 0.15) is 13.8 Å². The van der Waals surface area contributed by atoms with Crippen LogP contribution in [0.4, 0.5) is 17.1 Å². The van der Waals surface area contributed by atoms with Gasteiger partial charge in [0.1, 0.15) is 6.04 Å². The summed E-state index contributed by atoms with van der Waals surface area (Å²) in [6, 6.07) is 20.7. The topological polar surface area (TPSA) is 70.2 Å². The highest BCUT2D eigenvalue weighted by Gasteiger charge is 2.13. The van der Waals surface area contributed by atoms with Crippen molar-refractivity contribution < 1.29 is 9.59 Å². The Balaban J connectivity index is 1.62. The number of carbonyl (C=O) groups is 2. The zero-order valence-corrected chi connectivity index (χ0v) is 14.7. The van der Waals surface area contributed by atoms with Gasteiger partial charge in [-0.05, 0) is 54.1 Å². The van der Waals surface area contributed by atoms with Gasteiger partial charge >= 0.3 is 0 Å². The predicted octanol–water partition coefficient (Wildman–Crippen LogP) is 4.24. The highest BCUT2D eigenvalue weighted by Crippen LogP contribution is 2.19. The van der Waals surface area contributed by atoms with Crippen molar-refractivity contribution in [3.63, 3.8) is 0 Å². The number of nitrogens with one attached hydrogen (secondary N) is 3. The van der Waals surface area contributed by atoms with Crippen molar-refractivity contribution in [2.45, 2.75) is 19.9 Å². The van der Waals surface area contributed by atoms with Gasteiger partial charge in [0.05, 0.1) is 0 Å². The second kappa shape index (κ2) is 7.70. The van der Waals surface area contributed by atoms with Gasteiger partial charge in [0.15, 0.2) is 0 Å². The molecule has 0 heterocycles. The lowest BCUT2D eigenvalue weighted by atomic mass is 10.1. The second-order valence-corrected chi connectivity index (χ2v) is 6.18. The van der Waals surface area contributed by atoms with Crippen LogP contribution in [0.25, 0.3) is 10.8 Å². The van der Waals surface area contributed by atoms with Crippen molar-refractivity contribution in [1.29, 1.82) is 0 Å². The Morgan fingerprint density at radius 1 is 0.769 bits per heavy atom. The lowest BCUT2D eigenvalue weighted by Gasteiger charge is -2.16. The van der Waals surface area contributed by atoms with Crippen LogP contribution in [0, 0.1) is 0 Å². The van der Waals surface area contributed by atoms with Crippen LogP contribution < -0.4 is 16.0 Å². The first kappa shape index (κ1) is 17.5. The van der Waals surface area contributed by atoms with Crippen molar-refractivity contribution in [2.24, 2.45) is 0 Å². The number of benzene rings is 3. The summed E-state index contributed by atoms with van der Waals surface area (Å²) in [6.45, 7) is 3.27. The molecule has 3 aromatic carbocycles. The third kappa shape index (κ3) is 4.39. The Hall–Kier alpha value is -3.34. The molecule has 0 aliphatic carbocycles. The Morgan fingerprint density at radius 3 is 2.08 bits per heavy atom. The number of fused-ring (bicyclic) bond motifs is 1. The third-order valence-electron chi connectivity index (χ3n) is 4.00. The molecule has 1 atom stereocenters. The zero-order valence-electron chi connectivity index (χ0n) is 14.7. The number of amides is 2. The van der Waals surface area contributed by atoms with Crippen molar-refractivity contribution in [3.05, 3.63) is 66.7 Å². The highest BCUT2D eigenvalue weighted by atomic mass is 16.2. The van der Waals surface area contributed by atoms with E-state index < -0.39 is 6.04 Å². The zero-order chi connectivity index (χ0) is 18.5. The maximum Gasteiger partial charge on any atom is 0.246 e. The second-order valence-electron chi connectivity index (χ2n) is 6.18. The number of rotatable bonds is 5. The van der Waals surface area contributed by atoms with Crippen LogP contribution in [-0.2, 0) is 9.59 Å². The van der Waals surface area contributed by atoms with Crippen molar-refractivity contribution >= 4 is 39.6 Å². The first-order valence-electron chi connectivity index (χ1n) is 8.45. The fourth-order valence-corrected chi connectivity index (χ4v) is 2.69. The maximum atomic E-state index is 12.4. The minimum absolute atomic E-state index is 0.117. The number of hydrogen-bond donors (Lipinski definition) is 3. The molecule has 0 aliphatic heterocycles. The molecule has 3 aromatic rings. The fraction of sp³-hybridized carbons (Fsp3) is 0.143. The summed E-state index contributed by atoms with van der Waals surface area (Å²) in [6.07, 6.45) is 0. The maximum absolute atomic E-state index is 12.4. The van der Waals surface area contributed by atoms with Gasteiger partial charge < -0.3 is 16.0 Å². The Kier molecular flexibility index (Phi) is 5.17. The monoisotopic (exact) mass is 347 g/mol. The molecule has 5 heteroatoms. The summed E-state index contributed by atoms with van der Waals surface area (Å²) in [4.78, 5) is 23.5. The summed E-state index contributed by atoms with van der Waals surface area (Å²) < 4.78 is 0. The largest absolute Gasteiger partial charge is 0.374 e. The van der Waals surface area contributed by atoms with E-state index in [-0.39, 0.29) is 11.8 Å². The van der Waals surface area contributed by atoms with Gasteiger partial charge in [-0.25, -0.2) is 0 Å². The minimum atomic E-state index is -0.409.